The molecule has 0 saturated carbocycles. The Bertz CT molecular complexity index is 433. The Balaban J connectivity index is 0. The van der Waals surface area contributed by atoms with Gasteiger partial charge in [-0.15, -0.1) is 0 Å². The monoisotopic (exact) mass is 318 g/mol. The van der Waals surface area contributed by atoms with Gasteiger partial charge in [-0.25, -0.2) is 0 Å². The first-order chi connectivity index (χ1) is 7.27. The van der Waals surface area contributed by atoms with Gasteiger partial charge in [0.25, 0.3) is 0 Å². The van der Waals surface area contributed by atoms with Crippen molar-refractivity contribution in [2.45, 2.75) is 13.8 Å². The third kappa shape index (κ3) is 5.11. The third-order valence-electron chi connectivity index (χ3n) is 2.47. The van der Waals surface area contributed by atoms with Crippen molar-refractivity contribution in [2.75, 3.05) is 0 Å². The van der Waals surface area contributed by atoms with E-state index in [0.717, 1.165) is 0 Å². The first-order valence-corrected chi connectivity index (χ1v) is 6.00. The van der Waals surface area contributed by atoms with E-state index in [0.29, 0.717) is 0 Å². The summed E-state index contributed by atoms with van der Waals surface area (Å²) in [5.41, 5.74) is 2.73. The van der Waals surface area contributed by atoms with Crippen LogP contribution in [0, 0.1) is 13.8 Å². The number of quaternary nitrogens is 1. The summed E-state index contributed by atoms with van der Waals surface area (Å²) >= 11 is 0. The van der Waals surface area contributed by atoms with Gasteiger partial charge >= 0.3 is 0 Å². The molecule has 0 aromatic heterocycles. The average Bonchev–Trinajstić information content (AvgIpc) is 2.24. The van der Waals surface area contributed by atoms with E-state index in [1.165, 1.54) is 30.3 Å². The van der Waals surface area contributed by atoms with Gasteiger partial charge in [0.05, 0.1) is 0 Å². The molecular weight excluding hydrogens is 301 g/mol. The van der Waals surface area contributed by atoms with Gasteiger partial charge in [0.1, 0.15) is 0 Å². The second kappa shape index (κ2) is 9.57. The van der Waals surface area contributed by atoms with Crippen molar-refractivity contribution < 1.29 is 29.8 Å². The van der Waals surface area contributed by atoms with Crippen LogP contribution in [0.5, 0.6) is 0 Å². The Kier molecular flexibility index (Phi) is 10.6. The summed E-state index contributed by atoms with van der Waals surface area (Å²) < 4.78 is 0. The molecular formula is C14H18ClCrNP. The number of benzene rings is 2. The first kappa shape index (κ1) is 20.0. The molecule has 97 valence electrons. The van der Waals surface area contributed by atoms with E-state index in [1.54, 1.807) is 0 Å². The van der Waals surface area contributed by atoms with Gasteiger partial charge < -0.3 is 18.6 Å². The zero-order valence-electron chi connectivity index (χ0n) is 10.9. The van der Waals surface area contributed by atoms with Crippen LogP contribution in [0.4, 0.5) is 0 Å². The molecule has 0 spiro atoms. The first-order valence-electron chi connectivity index (χ1n) is 5.10. The van der Waals surface area contributed by atoms with E-state index in [-0.39, 0.29) is 35.9 Å². The second-order valence-electron chi connectivity index (χ2n) is 3.68. The fourth-order valence-electron chi connectivity index (χ4n) is 1.51. The fraction of sp³-hybridized carbons (Fsp3) is 0.143. The second-order valence-corrected chi connectivity index (χ2v) is 4.87. The Hall–Kier alpha value is -0.348. The Morgan fingerprint density at radius 3 is 1.39 bits per heavy atom. The molecule has 0 unspecified atom stereocenters. The summed E-state index contributed by atoms with van der Waals surface area (Å²) in [5, 5.41) is 2.79. The standard InChI is InChI=1S/C14H14P.ClH.Cr.H3N/c1-11-7-3-5-9-13(11)15-14-10-6-4-8-12(14)2;;;/h3-10H,1-2H3;1H;;1H3. The minimum atomic E-state index is 0. The van der Waals surface area contributed by atoms with Crippen molar-refractivity contribution in [3.8, 4) is 0 Å². The molecule has 2 aromatic rings. The molecule has 2 aromatic carbocycles. The Morgan fingerprint density at radius 1 is 0.722 bits per heavy atom. The Morgan fingerprint density at radius 2 is 1.06 bits per heavy atom. The summed E-state index contributed by atoms with van der Waals surface area (Å²) in [5.74, 6) is 0. The molecule has 4 heteroatoms. The molecule has 1 nitrogen and oxygen atoms in total. The van der Waals surface area contributed by atoms with Gasteiger partial charge in [0.2, 0.25) is 0 Å². The topological polar surface area (TPSA) is 36.5 Å². The smallest absolute Gasteiger partial charge is 0 e. The van der Waals surface area contributed by atoms with Crippen LogP contribution in [-0.4, -0.2) is 0 Å². The molecule has 0 saturated heterocycles. The number of rotatable bonds is 2. The summed E-state index contributed by atoms with van der Waals surface area (Å²) in [4.78, 5) is 0. The van der Waals surface area contributed by atoms with E-state index < -0.39 is 0 Å². The van der Waals surface area contributed by atoms with Gasteiger partial charge in [0.15, 0.2) is 0 Å². The maximum absolute atomic E-state index is 2.20. The molecule has 2 rings (SSSR count). The van der Waals surface area contributed by atoms with Gasteiger partial charge in [0, 0.05) is 17.4 Å². The predicted molar refractivity (Wildman–Crippen MR) is 74.5 cm³/mol. The summed E-state index contributed by atoms with van der Waals surface area (Å²) in [7, 11) is 1.31. The molecule has 4 N–H and O–H groups in total. The van der Waals surface area contributed by atoms with E-state index in [9.17, 15) is 0 Å². The van der Waals surface area contributed by atoms with E-state index >= 15 is 0 Å². The van der Waals surface area contributed by atoms with Crippen molar-refractivity contribution in [3.63, 3.8) is 0 Å². The van der Waals surface area contributed by atoms with E-state index in [1.807, 2.05) is 0 Å². The third-order valence-corrected chi connectivity index (χ3v) is 3.96. The van der Waals surface area contributed by atoms with Crippen molar-refractivity contribution in [2.24, 2.45) is 0 Å². The van der Waals surface area contributed by atoms with Crippen LogP contribution in [0.1, 0.15) is 11.1 Å². The van der Waals surface area contributed by atoms with Crippen LogP contribution in [0.2, 0.25) is 0 Å². The van der Waals surface area contributed by atoms with Crippen molar-refractivity contribution >= 4 is 19.2 Å². The van der Waals surface area contributed by atoms with Gasteiger partial charge in [-0.05, 0) is 44.2 Å². The van der Waals surface area contributed by atoms with Crippen LogP contribution in [0.3, 0.4) is 0 Å². The summed E-state index contributed by atoms with van der Waals surface area (Å²) in [6, 6.07) is 17.1. The van der Waals surface area contributed by atoms with Gasteiger partial charge in [-0.2, -0.15) is 0 Å². The molecule has 18 heavy (non-hydrogen) atoms. The summed E-state index contributed by atoms with van der Waals surface area (Å²) in [6.45, 7) is 4.33. The number of halogens is 1. The molecule has 0 fully saturated rings. The maximum atomic E-state index is 2.20. The molecule has 0 bridgehead atoms. The van der Waals surface area contributed by atoms with Crippen molar-refractivity contribution in [1.82, 2.24) is 6.15 Å². The molecule has 0 aliphatic rings. The quantitative estimate of drug-likeness (QED) is 0.787. The van der Waals surface area contributed by atoms with Crippen LogP contribution in [0.25, 0.3) is 0 Å². The molecule has 0 amide bonds. The largest absolute Gasteiger partial charge is 1.00 e. The van der Waals surface area contributed by atoms with Crippen molar-refractivity contribution in [3.05, 3.63) is 59.7 Å². The minimum absolute atomic E-state index is 0. The van der Waals surface area contributed by atoms with E-state index in [4.69, 9.17) is 0 Å². The SMILES string of the molecule is Cc1ccccc1[P]c1ccccc1C.[Cl-].[Cr].[NH4+]. The molecule has 0 aliphatic heterocycles. The maximum Gasteiger partial charge on any atom is 0 e. The van der Waals surface area contributed by atoms with Crippen LogP contribution < -0.4 is 29.2 Å². The Labute approximate surface area is 128 Å². The van der Waals surface area contributed by atoms with E-state index in [2.05, 4.69) is 62.4 Å². The molecule has 0 aliphatic carbocycles. The van der Waals surface area contributed by atoms with Crippen LogP contribution >= 0.6 is 8.58 Å². The van der Waals surface area contributed by atoms with Crippen molar-refractivity contribution in [1.29, 1.82) is 0 Å². The zero-order valence-corrected chi connectivity index (χ0v) is 13.8. The normalized spacial score (nSPS) is 8.56. The van der Waals surface area contributed by atoms with Gasteiger partial charge in [-0.1, -0.05) is 48.5 Å². The number of hydrogen-bond donors (Lipinski definition) is 1. The average molecular weight is 319 g/mol. The molecule has 0 atom stereocenters. The summed E-state index contributed by atoms with van der Waals surface area (Å²) in [6.07, 6.45) is 0. The molecule has 0 heterocycles. The fourth-order valence-corrected chi connectivity index (χ4v) is 2.59. The predicted octanol–water partition coefficient (Wildman–Crippen LogP) is 0.578. The zero-order chi connectivity index (χ0) is 10.7. The number of hydrogen-bond acceptors (Lipinski definition) is 0. The van der Waals surface area contributed by atoms with Gasteiger partial charge in [-0.3, -0.25) is 0 Å². The van der Waals surface area contributed by atoms with Crippen LogP contribution in [-0.2, 0) is 17.4 Å². The minimum Gasteiger partial charge on any atom is -1.00 e. The number of aryl methyl sites for hydroxylation is 2. The van der Waals surface area contributed by atoms with Crippen LogP contribution in [0.15, 0.2) is 48.5 Å². The molecule has 1 radical (unpaired) electrons.